The van der Waals surface area contributed by atoms with Crippen LogP contribution in [0.1, 0.15) is 168 Å². The number of esters is 2. The van der Waals surface area contributed by atoms with Gasteiger partial charge in [0.2, 0.25) is 0 Å². The van der Waals surface area contributed by atoms with Crippen molar-refractivity contribution in [1.82, 2.24) is 9.55 Å². The third-order valence-electron chi connectivity index (χ3n) is 10.9. The lowest BCUT2D eigenvalue weighted by Gasteiger charge is -2.21. The number of ketones is 1. The molecule has 19 nitrogen and oxygen atoms in total. The van der Waals surface area contributed by atoms with Crippen molar-refractivity contribution < 1.29 is 71.1 Å². The van der Waals surface area contributed by atoms with Crippen LogP contribution in [-0.2, 0) is 51.1 Å². The van der Waals surface area contributed by atoms with Crippen molar-refractivity contribution in [3.8, 4) is 0 Å². The van der Waals surface area contributed by atoms with Crippen molar-refractivity contribution in [3.63, 3.8) is 0 Å². The van der Waals surface area contributed by atoms with Gasteiger partial charge in [0.05, 0.1) is 13.2 Å². The molecule has 0 aliphatic carbocycles. The van der Waals surface area contributed by atoms with Crippen LogP contribution >= 0.6 is 15.6 Å². The standard InChI is InChI=1S/C48H79N3O16P2/c1-3-5-7-8-9-10-11-12-13-14-15-18-22-25-29-33-44(54)65-40(36-62-43(53)32-28-24-21-19-16-17-20-23-27-31-39(52)30-26-6-4-2)37-63-68(58,59)67-69(60,61)64-38-41-45(55)46(56)47(66-41)51-35-34-42(49)50-48(51)57/h9-10,12-13,20,23,27,31,34-35,40-41,45-47,55-56H,3-8,11,14-19,21-22,24-26,28-30,32-33,36-38H2,1-2H3,(H,58,59)(H,60,61)(H2,49,50,57)/b10-9-,13-12-,23-20-,31-27+/t40-,41-,45-,46-,47-/m1/s1. The molecule has 1 saturated heterocycles. The van der Waals surface area contributed by atoms with Crippen LogP contribution < -0.4 is 11.4 Å². The number of ether oxygens (including phenoxy) is 3. The van der Waals surface area contributed by atoms with Gasteiger partial charge in [-0.3, -0.25) is 28.0 Å². The summed E-state index contributed by atoms with van der Waals surface area (Å²) >= 11 is 0. The van der Waals surface area contributed by atoms with Gasteiger partial charge < -0.3 is 39.9 Å². The SMILES string of the molecule is CCCCC/C=C\C/C=C\CCCCCCCC(=O)O[C@H](COC(=O)CCCCCCC/C=C\C=C\C(=O)CCCCC)COP(=O)(O)OP(=O)(O)OC[C@H]1O[C@@H](n2ccc(N)nc2=O)[C@H](O)[C@@H]1O. The van der Waals surface area contributed by atoms with Gasteiger partial charge in [0.1, 0.15) is 30.7 Å². The predicted molar refractivity (Wildman–Crippen MR) is 261 cm³/mol. The maximum absolute atomic E-state index is 12.8. The fourth-order valence-electron chi connectivity index (χ4n) is 6.97. The van der Waals surface area contributed by atoms with E-state index in [1.807, 2.05) is 12.2 Å². The maximum atomic E-state index is 12.8. The number of nitrogens with two attached hydrogens (primary N) is 1. The second kappa shape index (κ2) is 36.3. The highest BCUT2D eigenvalue weighted by molar-refractivity contribution is 7.61. The third-order valence-corrected chi connectivity index (χ3v) is 13.5. The molecule has 7 atom stereocenters. The lowest BCUT2D eigenvalue weighted by atomic mass is 10.1. The Morgan fingerprint density at radius 1 is 0.739 bits per heavy atom. The summed E-state index contributed by atoms with van der Waals surface area (Å²) in [4.78, 5) is 73.6. The zero-order valence-corrected chi connectivity index (χ0v) is 42.4. The fraction of sp³-hybridized carbons (Fsp3) is 0.688. The van der Waals surface area contributed by atoms with Crippen molar-refractivity contribution in [2.24, 2.45) is 0 Å². The predicted octanol–water partition coefficient (Wildman–Crippen LogP) is 8.96. The monoisotopic (exact) mass is 1020 g/mol. The molecule has 2 heterocycles. The van der Waals surface area contributed by atoms with Crippen molar-refractivity contribution in [3.05, 3.63) is 71.4 Å². The van der Waals surface area contributed by atoms with Gasteiger partial charge in [-0.05, 0) is 76.4 Å². The Labute approximate surface area is 407 Å². The number of phosphoric acid groups is 2. The molecule has 0 amide bonds. The number of nitrogen functional groups attached to an aromatic ring is 1. The number of anilines is 1. The number of rotatable bonds is 40. The van der Waals surface area contributed by atoms with Crippen molar-refractivity contribution >= 4 is 39.2 Å². The number of carbonyl (C=O) groups is 3. The number of nitrogens with zero attached hydrogens (tertiary/aromatic N) is 2. The first kappa shape index (κ1) is 61.5. The Bertz CT molecular complexity index is 1910. The molecule has 6 N–H and O–H groups in total. The molecule has 1 aliphatic heterocycles. The van der Waals surface area contributed by atoms with E-state index in [2.05, 4.69) is 47.4 Å². The molecule has 1 aromatic rings. The van der Waals surface area contributed by atoms with Gasteiger partial charge >= 0.3 is 33.3 Å². The molecule has 69 heavy (non-hydrogen) atoms. The number of hydrogen-bond donors (Lipinski definition) is 5. The average molecular weight is 1020 g/mol. The molecule has 0 radical (unpaired) electrons. The van der Waals surface area contributed by atoms with E-state index in [1.54, 1.807) is 12.2 Å². The minimum Gasteiger partial charge on any atom is -0.462 e. The van der Waals surface area contributed by atoms with Crippen molar-refractivity contribution in [1.29, 1.82) is 0 Å². The van der Waals surface area contributed by atoms with Crippen molar-refractivity contribution in [2.45, 2.75) is 192 Å². The normalized spacial score (nSPS) is 19.7. The molecule has 1 fully saturated rings. The van der Waals surface area contributed by atoms with Gasteiger partial charge in [0.25, 0.3) is 0 Å². The van der Waals surface area contributed by atoms with Crippen LogP contribution in [0.4, 0.5) is 5.82 Å². The summed E-state index contributed by atoms with van der Waals surface area (Å²) in [7, 11) is -10.9. The Hall–Kier alpha value is -3.61. The summed E-state index contributed by atoms with van der Waals surface area (Å²) in [5.41, 5.74) is 4.57. The molecule has 1 aromatic heterocycles. The van der Waals surface area contributed by atoms with E-state index in [0.29, 0.717) is 19.3 Å². The minimum absolute atomic E-state index is 0.0152. The summed E-state index contributed by atoms with van der Waals surface area (Å²) < 4.78 is 56.6. The van der Waals surface area contributed by atoms with Gasteiger partial charge in [0.15, 0.2) is 18.1 Å². The van der Waals surface area contributed by atoms with Crippen LogP contribution in [0.3, 0.4) is 0 Å². The third kappa shape index (κ3) is 29.4. The van der Waals surface area contributed by atoms with Gasteiger partial charge in [-0.2, -0.15) is 9.29 Å². The number of hydrogen-bond acceptors (Lipinski definition) is 16. The van der Waals surface area contributed by atoms with E-state index in [0.717, 1.165) is 107 Å². The topological polar surface area (TPSA) is 283 Å². The van der Waals surface area contributed by atoms with E-state index in [9.17, 15) is 48.3 Å². The molecule has 0 spiro atoms. The Morgan fingerprint density at radius 3 is 1.96 bits per heavy atom. The summed E-state index contributed by atoms with van der Waals surface area (Å²) in [6.45, 7) is 1.91. The zero-order valence-electron chi connectivity index (χ0n) is 40.6. The Morgan fingerprint density at radius 2 is 1.30 bits per heavy atom. The highest BCUT2D eigenvalue weighted by Gasteiger charge is 2.46. The molecule has 2 unspecified atom stereocenters. The van der Waals surface area contributed by atoms with E-state index >= 15 is 0 Å². The molecule has 0 saturated carbocycles. The number of unbranched alkanes of at least 4 members (excludes halogenated alkanes) is 15. The van der Waals surface area contributed by atoms with E-state index in [1.165, 1.54) is 25.3 Å². The van der Waals surface area contributed by atoms with Crippen molar-refractivity contribution in [2.75, 3.05) is 25.6 Å². The quantitative estimate of drug-likeness (QED) is 0.0102. The Balaban J connectivity index is 1.84. The first-order chi connectivity index (χ1) is 33.1. The highest BCUT2D eigenvalue weighted by Crippen LogP contribution is 2.60. The number of aliphatic hydroxyl groups excluding tert-OH is 2. The zero-order chi connectivity index (χ0) is 50.8. The highest BCUT2D eigenvalue weighted by atomic mass is 31.3. The molecule has 392 valence electrons. The molecule has 1 aliphatic rings. The lowest BCUT2D eigenvalue weighted by Crippen LogP contribution is -2.36. The second-order valence-electron chi connectivity index (χ2n) is 17.0. The van der Waals surface area contributed by atoms with E-state index < -0.39 is 83.7 Å². The smallest absolute Gasteiger partial charge is 0.462 e. The number of carbonyl (C=O) groups excluding carboxylic acids is 3. The van der Waals surface area contributed by atoms with Gasteiger partial charge in [-0.1, -0.05) is 121 Å². The molecule has 0 aromatic carbocycles. The summed E-state index contributed by atoms with van der Waals surface area (Å²) in [5.74, 6) is -1.25. The fourth-order valence-corrected chi connectivity index (χ4v) is 9.08. The van der Waals surface area contributed by atoms with Crippen LogP contribution in [0.25, 0.3) is 0 Å². The summed E-state index contributed by atoms with van der Waals surface area (Å²) in [6, 6.07) is 1.24. The first-order valence-corrected chi connectivity index (χ1v) is 27.6. The van der Waals surface area contributed by atoms with Crippen LogP contribution in [0.2, 0.25) is 0 Å². The molecular formula is C48H79N3O16P2. The number of allylic oxidation sites excluding steroid dienone is 8. The molecule has 21 heteroatoms. The summed E-state index contributed by atoms with van der Waals surface area (Å²) in [6.07, 6.45) is 28.9. The minimum atomic E-state index is -5.44. The lowest BCUT2D eigenvalue weighted by molar-refractivity contribution is -0.161. The van der Waals surface area contributed by atoms with Gasteiger partial charge in [-0.25, -0.2) is 13.9 Å². The molecule has 0 bridgehead atoms. The van der Waals surface area contributed by atoms with Gasteiger partial charge in [0, 0.05) is 25.5 Å². The molecule has 2 rings (SSSR count). The first-order valence-electron chi connectivity index (χ1n) is 24.6. The van der Waals surface area contributed by atoms with Crippen LogP contribution in [0.5, 0.6) is 0 Å². The number of phosphoric ester groups is 2. The largest absolute Gasteiger partial charge is 0.481 e. The van der Waals surface area contributed by atoms with Crippen LogP contribution in [-0.4, -0.2) is 91.5 Å². The maximum Gasteiger partial charge on any atom is 0.481 e. The average Bonchev–Trinajstić information content (AvgIpc) is 3.58. The van der Waals surface area contributed by atoms with E-state index in [-0.39, 0.29) is 24.4 Å². The molecular weight excluding hydrogens is 936 g/mol. The Kier molecular flexibility index (Phi) is 32.4. The number of aliphatic hydroxyl groups is 2. The van der Waals surface area contributed by atoms with Crippen LogP contribution in [0, 0.1) is 0 Å². The summed E-state index contributed by atoms with van der Waals surface area (Å²) in [5, 5.41) is 20.9. The van der Waals surface area contributed by atoms with Gasteiger partial charge in [-0.15, -0.1) is 0 Å². The second-order valence-corrected chi connectivity index (χ2v) is 20.0. The van der Waals surface area contributed by atoms with Crippen LogP contribution in [0.15, 0.2) is 65.7 Å². The van der Waals surface area contributed by atoms with E-state index in [4.69, 9.17) is 29.0 Å². The number of aromatic nitrogens is 2.